The van der Waals surface area contributed by atoms with Gasteiger partial charge in [-0.1, -0.05) is 11.6 Å². The van der Waals surface area contributed by atoms with E-state index in [1.807, 2.05) is 0 Å². The Balaban J connectivity index is 2.93. The lowest BCUT2D eigenvalue weighted by atomic mass is 10.1. The number of halogens is 3. The number of carbonyl (C=O) groups is 1. The van der Waals surface area contributed by atoms with Crippen molar-refractivity contribution in [1.29, 1.82) is 0 Å². The number of hydrogen-bond donors (Lipinski definition) is 2. The van der Waals surface area contributed by atoms with Gasteiger partial charge in [0.05, 0.1) is 31.8 Å². The summed E-state index contributed by atoms with van der Waals surface area (Å²) in [4.78, 5) is 11.9. The van der Waals surface area contributed by atoms with E-state index in [0.717, 1.165) is 0 Å². The third kappa shape index (κ3) is 4.71. The van der Waals surface area contributed by atoms with Crippen molar-refractivity contribution in [2.75, 3.05) is 26.8 Å². The van der Waals surface area contributed by atoms with Crippen molar-refractivity contribution in [2.24, 2.45) is 5.73 Å². The van der Waals surface area contributed by atoms with Crippen molar-refractivity contribution in [1.82, 2.24) is 5.32 Å². The Morgan fingerprint density at radius 3 is 2.67 bits per heavy atom. The summed E-state index contributed by atoms with van der Waals surface area (Å²) in [5.74, 6) is -3.31. The molecule has 0 saturated carbocycles. The molecule has 0 aliphatic carbocycles. The Morgan fingerprint density at radius 1 is 1.48 bits per heavy atom. The van der Waals surface area contributed by atoms with Gasteiger partial charge in [-0.25, -0.2) is 8.78 Å². The van der Waals surface area contributed by atoms with Crippen LogP contribution in [0.5, 0.6) is 11.5 Å². The monoisotopic (exact) mass is 322 g/mol. The van der Waals surface area contributed by atoms with Gasteiger partial charge < -0.3 is 20.5 Å². The van der Waals surface area contributed by atoms with Gasteiger partial charge in [-0.05, 0) is 19.1 Å². The highest BCUT2D eigenvalue weighted by atomic mass is 35.5. The van der Waals surface area contributed by atoms with E-state index in [-0.39, 0.29) is 16.3 Å². The summed E-state index contributed by atoms with van der Waals surface area (Å²) >= 11 is 6.00. The average molecular weight is 323 g/mol. The Kier molecular flexibility index (Phi) is 6.17. The number of carbonyl (C=O) groups excluding carboxylic acids is 1. The minimum atomic E-state index is -3.16. The fourth-order valence-electron chi connectivity index (χ4n) is 1.52. The molecule has 1 rings (SSSR count). The van der Waals surface area contributed by atoms with Crippen molar-refractivity contribution in [3.8, 4) is 11.5 Å². The molecule has 8 heteroatoms. The largest absolute Gasteiger partial charge is 0.493 e. The topological polar surface area (TPSA) is 73.6 Å². The third-order valence-corrected chi connectivity index (χ3v) is 2.87. The molecule has 0 aliphatic rings. The van der Waals surface area contributed by atoms with Crippen LogP contribution in [0.4, 0.5) is 8.78 Å². The summed E-state index contributed by atoms with van der Waals surface area (Å²) in [6.07, 6.45) is 0. The molecule has 0 unspecified atom stereocenters. The van der Waals surface area contributed by atoms with Crippen molar-refractivity contribution in [3.63, 3.8) is 0 Å². The van der Waals surface area contributed by atoms with E-state index in [1.54, 1.807) is 6.92 Å². The number of ether oxygens (including phenoxy) is 2. The first-order valence-corrected chi connectivity index (χ1v) is 6.58. The first kappa shape index (κ1) is 17.5. The summed E-state index contributed by atoms with van der Waals surface area (Å²) < 4.78 is 36.4. The van der Waals surface area contributed by atoms with Crippen molar-refractivity contribution in [2.45, 2.75) is 12.8 Å². The normalized spacial score (nSPS) is 11.1. The molecule has 1 amide bonds. The lowest BCUT2D eigenvalue weighted by Gasteiger charge is -2.16. The lowest BCUT2D eigenvalue weighted by molar-refractivity contribution is 0.0118. The van der Waals surface area contributed by atoms with E-state index in [0.29, 0.717) is 12.4 Å². The average Bonchev–Trinajstić information content (AvgIpc) is 2.46. The Hall–Kier alpha value is -1.60. The van der Waals surface area contributed by atoms with Crippen LogP contribution in [0.1, 0.15) is 17.3 Å². The van der Waals surface area contributed by atoms with Crippen molar-refractivity contribution >= 4 is 17.5 Å². The smallest absolute Gasteiger partial charge is 0.277 e. The quantitative estimate of drug-likeness (QED) is 0.806. The maximum atomic E-state index is 13.0. The van der Waals surface area contributed by atoms with E-state index < -0.39 is 24.9 Å². The Bertz CT molecular complexity index is 512. The van der Waals surface area contributed by atoms with E-state index in [9.17, 15) is 13.6 Å². The van der Waals surface area contributed by atoms with Gasteiger partial charge in [0.1, 0.15) is 0 Å². The zero-order chi connectivity index (χ0) is 16.0. The molecule has 3 N–H and O–H groups in total. The van der Waals surface area contributed by atoms with Gasteiger partial charge in [0, 0.05) is 5.56 Å². The van der Waals surface area contributed by atoms with Crippen LogP contribution in [0.15, 0.2) is 12.1 Å². The van der Waals surface area contributed by atoms with E-state index in [2.05, 4.69) is 5.32 Å². The molecule has 0 bridgehead atoms. The van der Waals surface area contributed by atoms with Gasteiger partial charge in [-0.2, -0.15) is 0 Å². The molecule has 0 heterocycles. The number of benzene rings is 1. The number of hydrogen-bond acceptors (Lipinski definition) is 4. The molecule has 1 aromatic carbocycles. The third-order valence-electron chi connectivity index (χ3n) is 2.59. The van der Waals surface area contributed by atoms with Crippen LogP contribution in [0, 0.1) is 0 Å². The fraction of sp³-hybridized carbons (Fsp3) is 0.462. The highest BCUT2D eigenvalue weighted by Gasteiger charge is 2.27. The highest BCUT2D eigenvalue weighted by molar-refractivity contribution is 6.32. The SMILES string of the molecule is CCOc1c(Cl)cc(C(=O)NCC(F)(F)CN)cc1OC. The van der Waals surface area contributed by atoms with E-state index in [1.165, 1.54) is 19.2 Å². The first-order valence-electron chi connectivity index (χ1n) is 6.21. The second kappa shape index (κ2) is 7.42. The maximum Gasteiger partial charge on any atom is 0.277 e. The number of nitrogens with two attached hydrogens (primary N) is 1. The second-order valence-electron chi connectivity index (χ2n) is 4.17. The molecular weight excluding hydrogens is 306 g/mol. The van der Waals surface area contributed by atoms with Gasteiger partial charge in [0.15, 0.2) is 11.5 Å². The van der Waals surface area contributed by atoms with Crippen LogP contribution in [-0.2, 0) is 0 Å². The van der Waals surface area contributed by atoms with Crippen molar-refractivity contribution < 1.29 is 23.0 Å². The molecule has 0 spiro atoms. The molecule has 0 aliphatic heterocycles. The number of rotatable bonds is 7. The number of methoxy groups -OCH3 is 1. The zero-order valence-corrected chi connectivity index (χ0v) is 12.5. The van der Waals surface area contributed by atoms with Gasteiger partial charge in [0.25, 0.3) is 11.8 Å². The molecule has 0 aromatic heterocycles. The summed E-state index contributed by atoms with van der Waals surface area (Å²) in [7, 11) is 1.39. The maximum absolute atomic E-state index is 13.0. The van der Waals surface area contributed by atoms with E-state index >= 15 is 0 Å². The molecule has 0 radical (unpaired) electrons. The lowest BCUT2D eigenvalue weighted by Crippen LogP contribution is -2.41. The van der Waals surface area contributed by atoms with E-state index in [4.69, 9.17) is 26.8 Å². The molecule has 5 nitrogen and oxygen atoms in total. The zero-order valence-electron chi connectivity index (χ0n) is 11.7. The minimum absolute atomic E-state index is 0.0909. The van der Waals surface area contributed by atoms with Gasteiger partial charge in [-0.3, -0.25) is 4.79 Å². The van der Waals surface area contributed by atoms with Crippen LogP contribution in [-0.4, -0.2) is 38.6 Å². The molecule has 118 valence electrons. The molecular formula is C13H17ClF2N2O3. The first-order chi connectivity index (χ1) is 9.84. The summed E-state index contributed by atoms with van der Waals surface area (Å²) in [5, 5.41) is 2.26. The van der Waals surface area contributed by atoms with Crippen LogP contribution >= 0.6 is 11.6 Å². The number of nitrogens with one attached hydrogen (secondary N) is 1. The molecule has 0 atom stereocenters. The second-order valence-corrected chi connectivity index (χ2v) is 4.57. The predicted molar refractivity (Wildman–Crippen MR) is 75.5 cm³/mol. The van der Waals surface area contributed by atoms with Crippen LogP contribution in [0.25, 0.3) is 0 Å². The number of alkyl halides is 2. The summed E-state index contributed by atoms with van der Waals surface area (Å²) in [6.45, 7) is 0.436. The van der Waals surface area contributed by atoms with Gasteiger partial charge >= 0.3 is 0 Å². The molecule has 0 fully saturated rings. The molecule has 21 heavy (non-hydrogen) atoms. The van der Waals surface area contributed by atoms with Crippen LogP contribution < -0.4 is 20.5 Å². The summed E-state index contributed by atoms with van der Waals surface area (Å²) in [5.41, 5.74) is 4.99. The Morgan fingerprint density at radius 2 is 2.14 bits per heavy atom. The van der Waals surface area contributed by atoms with Crippen LogP contribution in [0.2, 0.25) is 5.02 Å². The summed E-state index contributed by atoms with van der Waals surface area (Å²) in [6, 6.07) is 2.69. The van der Waals surface area contributed by atoms with Gasteiger partial charge in [-0.15, -0.1) is 0 Å². The van der Waals surface area contributed by atoms with Crippen molar-refractivity contribution in [3.05, 3.63) is 22.7 Å². The van der Waals surface area contributed by atoms with Crippen LogP contribution in [0.3, 0.4) is 0 Å². The fourth-order valence-corrected chi connectivity index (χ4v) is 1.78. The Labute approximate surface area is 126 Å². The number of amides is 1. The molecule has 0 saturated heterocycles. The standard InChI is InChI=1S/C13H17ClF2N2O3/c1-3-21-11-9(14)4-8(5-10(11)20-2)12(19)18-7-13(15,16)6-17/h4-5H,3,6-7,17H2,1-2H3,(H,18,19). The molecule has 1 aromatic rings. The highest BCUT2D eigenvalue weighted by Crippen LogP contribution is 2.36. The van der Waals surface area contributed by atoms with Gasteiger partial charge in [0.2, 0.25) is 0 Å². The predicted octanol–water partition coefficient (Wildman–Crippen LogP) is 2.07. The minimum Gasteiger partial charge on any atom is -0.493 e.